The Hall–Kier alpha value is -1.82. The minimum absolute atomic E-state index is 0.252. The highest BCUT2D eigenvalue weighted by Crippen LogP contribution is 2.36. The van der Waals surface area contributed by atoms with Crippen molar-refractivity contribution in [2.24, 2.45) is 0 Å². The van der Waals surface area contributed by atoms with Crippen LogP contribution in [0.1, 0.15) is 37.0 Å². The normalized spacial score (nSPS) is 24.3. The monoisotopic (exact) mass is 316 g/mol. The summed E-state index contributed by atoms with van der Waals surface area (Å²) in [6.07, 6.45) is 2.68. The van der Waals surface area contributed by atoms with Gasteiger partial charge in [-0.15, -0.1) is 0 Å². The number of pyridine rings is 1. The maximum atomic E-state index is 14.6. The molecule has 0 amide bonds. The van der Waals surface area contributed by atoms with E-state index in [1.165, 1.54) is 0 Å². The first-order valence-electron chi connectivity index (χ1n) is 8.25. The van der Waals surface area contributed by atoms with E-state index in [2.05, 4.69) is 21.8 Å². The first-order valence-corrected chi connectivity index (χ1v) is 8.25. The van der Waals surface area contributed by atoms with E-state index in [9.17, 15) is 4.39 Å². The van der Waals surface area contributed by atoms with Crippen LogP contribution < -0.4 is 4.90 Å². The number of hydrogen-bond acceptors (Lipinski definition) is 5. The fourth-order valence-corrected chi connectivity index (χ4v) is 3.79. The van der Waals surface area contributed by atoms with Crippen molar-refractivity contribution in [1.82, 2.24) is 15.0 Å². The number of rotatable bonds is 0. The van der Waals surface area contributed by atoms with Gasteiger partial charge in [0.2, 0.25) is 0 Å². The molecule has 2 aliphatic heterocycles. The molecule has 5 nitrogen and oxygen atoms in total. The molecule has 0 aromatic carbocycles. The van der Waals surface area contributed by atoms with E-state index in [4.69, 9.17) is 9.72 Å². The van der Waals surface area contributed by atoms with Crippen molar-refractivity contribution >= 4 is 16.7 Å². The van der Waals surface area contributed by atoms with Gasteiger partial charge in [-0.05, 0) is 40.0 Å². The van der Waals surface area contributed by atoms with Gasteiger partial charge in [-0.3, -0.25) is 4.98 Å². The molecule has 0 radical (unpaired) electrons. The minimum atomic E-state index is -0.326. The van der Waals surface area contributed by atoms with Crippen molar-refractivity contribution in [3.05, 3.63) is 23.0 Å². The Kier molecular flexibility index (Phi) is 3.44. The zero-order chi connectivity index (χ0) is 16.1. The molecule has 0 N–H and O–H groups in total. The average Bonchev–Trinajstić information content (AvgIpc) is 2.78. The van der Waals surface area contributed by atoms with Gasteiger partial charge in [-0.2, -0.15) is 0 Å². The zero-order valence-electron chi connectivity index (χ0n) is 13.8. The Morgan fingerprint density at radius 1 is 1.17 bits per heavy atom. The lowest BCUT2D eigenvalue weighted by atomic mass is 10.1. The van der Waals surface area contributed by atoms with Gasteiger partial charge in [0.15, 0.2) is 5.82 Å². The van der Waals surface area contributed by atoms with Crippen molar-refractivity contribution < 1.29 is 9.13 Å². The second kappa shape index (κ2) is 5.37. The lowest BCUT2D eigenvalue weighted by Gasteiger charge is -2.34. The van der Waals surface area contributed by atoms with Crippen molar-refractivity contribution in [3.63, 3.8) is 0 Å². The van der Waals surface area contributed by atoms with Crippen LogP contribution in [-0.4, -0.2) is 40.2 Å². The standard InChI is InChI=1S/C17H21FN4O/c1-9-6-7-23-8-12-4-5-13-14-16(15(18)10(2)19-13)20-11(3)21-17(14)22(9)12/h9,12H,4-8H2,1-3H3/t9-,12-/m0/s1. The predicted octanol–water partition coefficient (Wildman–Crippen LogP) is 2.71. The molecule has 6 heteroatoms. The largest absolute Gasteiger partial charge is 0.379 e. The van der Waals surface area contributed by atoms with Gasteiger partial charge in [-0.1, -0.05) is 0 Å². The van der Waals surface area contributed by atoms with E-state index in [1.807, 2.05) is 6.92 Å². The molecule has 1 saturated heterocycles. The third kappa shape index (κ3) is 2.27. The highest BCUT2D eigenvalue weighted by Gasteiger charge is 2.33. The number of hydrogen-bond donors (Lipinski definition) is 0. The maximum Gasteiger partial charge on any atom is 0.170 e. The minimum Gasteiger partial charge on any atom is -0.379 e. The molecule has 1 fully saturated rings. The molecule has 4 rings (SSSR count). The molecule has 4 heterocycles. The third-order valence-corrected chi connectivity index (χ3v) is 4.94. The molecule has 2 aromatic heterocycles. The van der Waals surface area contributed by atoms with E-state index in [-0.39, 0.29) is 11.9 Å². The lowest BCUT2D eigenvalue weighted by Crippen LogP contribution is -2.43. The quantitative estimate of drug-likeness (QED) is 0.748. The van der Waals surface area contributed by atoms with Crippen LogP contribution in [0.3, 0.4) is 0 Å². The van der Waals surface area contributed by atoms with Crippen LogP contribution in [0, 0.1) is 19.7 Å². The molecule has 122 valence electrons. The van der Waals surface area contributed by atoms with Gasteiger partial charge in [0.05, 0.1) is 29.4 Å². The molecule has 0 bridgehead atoms. The van der Waals surface area contributed by atoms with E-state index in [0.29, 0.717) is 29.7 Å². The van der Waals surface area contributed by atoms with Crippen LogP contribution in [0.15, 0.2) is 0 Å². The summed E-state index contributed by atoms with van der Waals surface area (Å²) in [5, 5.41) is 0.787. The van der Waals surface area contributed by atoms with Crippen molar-refractivity contribution in [1.29, 1.82) is 0 Å². The molecule has 0 aliphatic carbocycles. The molecular weight excluding hydrogens is 295 g/mol. The zero-order valence-corrected chi connectivity index (χ0v) is 13.8. The van der Waals surface area contributed by atoms with Crippen LogP contribution in [0.2, 0.25) is 0 Å². The summed E-state index contributed by atoms with van der Waals surface area (Å²) >= 11 is 0. The maximum absolute atomic E-state index is 14.6. The van der Waals surface area contributed by atoms with Gasteiger partial charge in [0.25, 0.3) is 0 Å². The summed E-state index contributed by atoms with van der Waals surface area (Å²) in [5.74, 6) is 1.10. The van der Waals surface area contributed by atoms with Gasteiger partial charge in [0, 0.05) is 12.6 Å². The van der Waals surface area contributed by atoms with Gasteiger partial charge in [-0.25, -0.2) is 14.4 Å². The molecule has 0 spiro atoms. The number of anilines is 1. The SMILES string of the molecule is Cc1nc2c3c(nc(C)c(F)c3n1)CC[C@H]1COCC[C@H](C)N21. The fourth-order valence-electron chi connectivity index (χ4n) is 3.79. The van der Waals surface area contributed by atoms with E-state index >= 15 is 0 Å². The van der Waals surface area contributed by atoms with Crippen molar-refractivity contribution in [2.45, 2.75) is 52.1 Å². The second-order valence-electron chi connectivity index (χ2n) is 6.59. The highest BCUT2D eigenvalue weighted by atomic mass is 19.1. The summed E-state index contributed by atoms with van der Waals surface area (Å²) < 4.78 is 20.4. The topological polar surface area (TPSA) is 51.1 Å². The molecule has 2 aromatic rings. The van der Waals surface area contributed by atoms with Crippen LogP contribution >= 0.6 is 0 Å². The van der Waals surface area contributed by atoms with E-state index in [1.54, 1.807) is 6.92 Å². The van der Waals surface area contributed by atoms with Crippen LogP contribution in [-0.2, 0) is 11.2 Å². The number of aryl methyl sites for hydroxylation is 3. The number of ether oxygens (including phenoxy) is 1. The molecule has 0 saturated carbocycles. The molecule has 2 aliphatic rings. The van der Waals surface area contributed by atoms with Crippen molar-refractivity contribution in [3.8, 4) is 0 Å². The Morgan fingerprint density at radius 2 is 2.00 bits per heavy atom. The third-order valence-electron chi connectivity index (χ3n) is 4.94. The summed E-state index contributed by atoms with van der Waals surface area (Å²) in [7, 11) is 0. The van der Waals surface area contributed by atoms with Crippen LogP contribution in [0.5, 0.6) is 0 Å². The molecule has 23 heavy (non-hydrogen) atoms. The number of aromatic nitrogens is 3. The average molecular weight is 316 g/mol. The van der Waals surface area contributed by atoms with E-state index in [0.717, 1.165) is 42.8 Å². The Balaban J connectivity index is 2.04. The second-order valence-corrected chi connectivity index (χ2v) is 6.59. The molecular formula is C17H21FN4O. The Morgan fingerprint density at radius 3 is 2.83 bits per heavy atom. The summed E-state index contributed by atoms with van der Waals surface area (Å²) in [4.78, 5) is 15.9. The smallest absolute Gasteiger partial charge is 0.170 e. The number of halogens is 1. The first-order chi connectivity index (χ1) is 11.1. The molecule has 2 atom stereocenters. The highest BCUT2D eigenvalue weighted by molar-refractivity contribution is 5.93. The van der Waals surface area contributed by atoms with Gasteiger partial charge < -0.3 is 9.64 Å². The van der Waals surface area contributed by atoms with Crippen LogP contribution in [0.4, 0.5) is 10.2 Å². The molecule has 0 unspecified atom stereocenters. The fraction of sp³-hybridized carbons (Fsp3) is 0.588. The number of nitrogens with zero attached hydrogens (tertiary/aromatic N) is 4. The van der Waals surface area contributed by atoms with Crippen LogP contribution in [0.25, 0.3) is 10.9 Å². The number of fused-ring (bicyclic) bond motifs is 2. The summed E-state index contributed by atoms with van der Waals surface area (Å²) in [6.45, 7) is 7.16. The van der Waals surface area contributed by atoms with Crippen molar-refractivity contribution in [2.75, 3.05) is 18.1 Å². The first kappa shape index (κ1) is 14.8. The Bertz CT molecular complexity index is 779. The summed E-state index contributed by atoms with van der Waals surface area (Å²) in [5.41, 5.74) is 1.74. The lowest BCUT2D eigenvalue weighted by molar-refractivity contribution is 0.131. The Labute approximate surface area is 134 Å². The van der Waals surface area contributed by atoms with Gasteiger partial charge >= 0.3 is 0 Å². The predicted molar refractivity (Wildman–Crippen MR) is 86.3 cm³/mol. The summed E-state index contributed by atoms with van der Waals surface area (Å²) in [6, 6.07) is 0.554. The van der Waals surface area contributed by atoms with Gasteiger partial charge in [0.1, 0.15) is 17.2 Å². The van der Waals surface area contributed by atoms with E-state index < -0.39 is 0 Å².